The first-order valence-electron chi connectivity index (χ1n) is 2.82. The van der Waals surface area contributed by atoms with Crippen LogP contribution in [0.4, 0.5) is 0 Å². The third kappa shape index (κ3) is 1.81. The summed E-state index contributed by atoms with van der Waals surface area (Å²) >= 11 is 6.05. The van der Waals surface area contributed by atoms with Crippen molar-refractivity contribution in [2.24, 2.45) is 0 Å². The number of rotatable bonds is 2. The van der Waals surface area contributed by atoms with Crippen molar-refractivity contribution >= 4 is 38.5 Å². The van der Waals surface area contributed by atoms with Gasteiger partial charge in [-0.3, -0.25) is 4.79 Å². The molecule has 0 aliphatic heterocycles. The van der Waals surface area contributed by atoms with Crippen molar-refractivity contribution in [1.82, 2.24) is 0 Å². The Labute approximate surface area is 81.1 Å². The SMILES string of the molecule is O=Cc1cccc(Br)c1OBr. The summed E-state index contributed by atoms with van der Waals surface area (Å²) in [7, 11) is 0. The molecule has 1 rings (SSSR count). The quantitative estimate of drug-likeness (QED) is 0.778. The highest BCUT2D eigenvalue weighted by Crippen LogP contribution is 2.28. The fraction of sp³-hybridized carbons (Fsp3) is 0. The van der Waals surface area contributed by atoms with Crippen molar-refractivity contribution in [1.29, 1.82) is 0 Å². The predicted octanol–water partition coefficient (Wildman–Crippen LogP) is 2.95. The summed E-state index contributed by atoms with van der Waals surface area (Å²) in [6, 6.07) is 5.24. The molecule has 0 bridgehead atoms. The Morgan fingerprint density at radius 3 is 2.64 bits per heavy atom. The number of hydrogen-bond donors (Lipinski definition) is 0. The smallest absolute Gasteiger partial charge is 0.179 e. The number of hydrogen-bond acceptors (Lipinski definition) is 2. The summed E-state index contributed by atoms with van der Waals surface area (Å²) in [6.45, 7) is 0. The molecular weight excluding hydrogens is 276 g/mol. The molecule has 0 N–H and O–H groups in total. The van der Waals surface area contributed by atoms with Gasteiger partial charge in [0, 0.05) is 0 Å². The van der Waals surface area contributed by atoms with Crippen LogP contribution in [0.2, 0.25) is 0 Å². The molecule has 0 atom stereocenters. The van der Waals surface area contributed by atoms with Crippen LogP contribution in [0, 0.1) is 0 Å². The fourth-order valence-corrected chi connectivity index (χ4v) is 1.74. The standard InChI is InChI=1S/C7H4Br2O2/c8-6-3-1-2-5(4-10)7(6)11-9/h1-4H. The van der Waals surface area contributed by atoms with E-state index in [-0.39, 0.29) is 0 Å². The maximum Gasteiger partial charge on any atom is 0.179 e. The highest BCUT2D eigenvalue weighted by molar-refractivity contribution is 9.10. The summed E-state index contributed by atoms with van der Waals surface area (Å²) in [6.07, 6.45) is 0.737. The van der Waals surface area contributed by atoms with Gasteiger partial charge in [-0.2, -0.15) is 0 Å². The van der Waals surface area contributed by atoms with Gasteiger partial charge in [-0.05, 0) is 28.1 Å². The Morgan fingerprint density at radius 1 is 1.45 bits per heavy atom. The summed E-state index contributed by atoms with van der Waals surface area (Å²) in [5, 5.41) is 0. The molecule has 0 unspecified atom stereocenters. The number of para-hydroxylation sites is 1. The molecule has 0 aliphatic rings. The molecule has 0 aliphatic carbocycles. The van der Waals surface area contributed by atoms with Crippen LogP contribution in [0.1, 0.15) is 10.4 Å². The zero-order valence-electron chi connectivity index (χ0n) is 5.38. The zero-order valence-corrected chi connectivity index (χ0v) is 8.55. The average molecular weight is 280 g/mol. The van der Waals surface area contributed by atoms with E-state index in [0.717, 1.165) is 10.8 Å². The molecule has 0 saturated carbocycles. The lowest BCUT2D eigenvalue weighted by Gasteiger charge is -2.01. The average Bonchev–Trinajstić information content (AvgIpc) is 2.04. The second kappa shape index (κ2) is 3.88. The van der Waals surface area contributed by atoms with Crippen LogP contribution in [0.5, 0.6) is 5.75 Å². The molecule has 1 aromatic rings. The second-order valence-electron chi connectivity index (χ2n) is 1.85. The minimum atomic E-state index is 0.502. The first kappa shape index (κ1) is 8.74. The maximum atomic E-state index is 10.4. The highest BCUT2D eigenvalue weighted by atomic mass is 79.9. The monoisotopic (exact) mass is 278 g/mol. The summed E-state index contributed by atoms with van der Waals surface area (Å²) in [4.78, 5) is 10.4. The molecule has 0 heterocycles. The zero-order chi connectivity index (χ0) is 8.27. The summed E-state index contributed by atoms with van der Waals surface area (Å²) < 4.78 is 5.55. The first-order chi connectivity index (χ1) is 5.29. The molecule has 1 aromatic carbocycles. The van der Waals surface area contributed by atoms with Gasteiger partial charge < -0.3 is 3.83 Å². The fourth-order valence-electron chi connectivity index (χ4n) is 0.700. The van der Waals surface area contributed by atoms with Crippen molar-refractivity contribution in [2.75, 3.05) is 0 Å². The van der Waals surface area contributed by atoms with E-state index in [4.69, 9.17) is 3.83 Å². The highest BCUT2D eigenvalue weighted by Gasteiger charge is 2.05. The molecule has 2 nitrogen and oxygen atoms in total. The van der Waals surface area contributed by atoms with Gasteiger partial charge >= 0.3 is 0 Å². The van der Waals surface area contributed by atoms with E-state index < -0.39 is 0 Å². The van der Waals surface area contributed by atoms with Crippen molar-refractivity contribution < 1.29 is 8.62 Å². The van der Waals surface area contributed by atoms with Crippen LogP contribution in [0.25, 0.3) is 0 Å². The minimum Gasteiger partial charge on any atom is -0.416 e. The van der Waals surface area contributed by atoms with Gasteiger partial charge in [0.15, 0.2) is 28.3 Å². The van der Waals surface area contributed by atoms with Gasteiger partial charge in [0.2, 0.25) is 0 Å². The second-order valence-corrected chi connectivity index (χ2v) is 3.03. The van der Waals surface area contributed by atoms with Gasteiger partial charge in [0.05, 0.1) is 10.0 Å². The third-order valence-corrected chi connectivity index (χ3v) is 2.15. The van der Waals surface area contributed by atoms with Crippen molar-refractivity contribution in [2.45, 2.75) is 0 Å². The minimum absolute atomic E-state index is 0.502. The van der Waals surface area contributed by atoms with E-state index in [9.17, 15) is 4.79 Å². The van der Waals surface area contributed by atoms with Gasteiger partial charge in [-0.25, -0.2) is 0 Å². The normalized spacial score (nSPS) is 9.27. The van der Waals surface area contributed by atoms with Gasteiger partial charge in [-0.15, -0.1) is 0 Å². The molecule has 0 fully saturated rings. The van der Waals surface area contributed by atoms with Crippen LogP contribution < -0.4 is 3.83 Å². The van der Waals surface area contributed by atoms with Crippen LogP contribution in [-0.4, -0.2) is 6.29 Å². The molecule has 0 aromatic heterocycles. The predicted molar refractivity (Wildman–Crippen MR) is 49.1 cm³/mol. The van der Waals surface area contributed by atoms with Crippen LogP contribution in [-0.2, 0) is 0 Å². The van der Waals surface area contributed by atoms with E-state index in [1.54, 1.807) is 18.2 Å². The third-order valence-electron chi connectivity index (χ3n) is 1.20. The molecule has 0 amide bonds. The Bertz CT molecular complexity index is 273. The number of carbonyl (C=O) groups is 1. The van der Waals surface area contributed by atoms with E-state index in [0.29, 0.717) is 11.3 Å². The van der Waals surface area contributed by atoms with Crippen LogP contribution in [0.15, 0.2) is 22.7 Å². The van der Waals surface area contributed by atoms with Crippen molar-refractivity contribution in [3.8, 4) is 5.75 Å². The lowest BCUT2D eigenvalue weighted by molar-refractivity contribution is 0.112. The van der Waals surface area contributed by atoms with Gasteiger partial charge in [0.25, 0.3) is 0 Å². The van der Waals surface area contributed by atoms with Crippen LogP contribution >= 0.6 is 32.2 Å². The van der Waals surface area contributed by atoms with E-state index in [2.05, 4.69) is 32.2 Å². The molecule has 0 saturated heterocycles. The van der Waals surface area contributed by atoms with Crippen molar-refractivity contribution in [3.05, 3.63) is 28.2 Å². The van der Waals surface area contributed by atoms with E-state index in [1.807, 2.05) is 0 Å². The Morgan fingerprint density at radius 2 is 2.18 bits per heavy atom. The topological polar surface area (TPSA) is 26.3 Å². The Balaban J connectivity index is 3.23. The van der Waals surface area contributed by atoms with Crippen molar-refractivity contribution in [3.63, 3.8) is 0 Å². The molecule has 58 valence electrons. The van der Waals surface area contributed by atoms with E-state index in [1.165, 1.54) is 0 Å². The Hall–Kier alpha value is -0.350. The van der Waals surface area contributed by atoms with Gasteiger partial charge in [0.1, 0.15) is 0 Å². The van der Waals surface area contributed by atoms with Gasteiger partial charge in [-0.1, -0.05) is 6.07 Å². The maximum absolute atomic E-state index is 10.4. The molecule has 4 heteroatoms. The lowest BCUT2D eigenvalue weighted by atomic mass is 10.2. The molecule has 0 spiro atoms. The van der Waals surface area contributed by atoms with Crippen LogP contribution in [0.3, 0.4) is 0 Å². The summed E-state index contributed by atoms with van der Waals surface area (Å²) in [5.74, 6) is 0.502. The summed E-state index contributed by atoms with van der Waals surface area (Å²) in [5.41, 5.74) is 0.510. The lowest BCUT2D eigenvalue weighted by Crippen LogP contribution is -1.85. The number of halogens is 2. The largest absolute Gasteiger partial charge is 0.416 e. The number of carbonyl (C=O) groups excluding carboxylic acids is 1. The van der Waals surface area contributed by atoms with E-state index >= 15 is 0 Å². The molecular formula is C7H4Br2O2. The molecule has 11 heavy (non-hydrogen) atoms. The first-order valence-corrected chi connectivity index (χ1v) is 4.26. The Kier molecular flexibility index (Phi) is 3.08. The molecule has 0 radical (unpaired) electrons. The number of aldehydes is 1. The number of benzene rings is 1.